The van der Waals surface area contributed by atoms with Gasteiger partial charge < -0.3 is 10.1 Å². The average Bonchev–Trinajstić information content (AvgIpc) is 2.30. The molecule has 1 rings (SSSR count). The van der Waals surface area contributed by atoms with E-state index in [9.17, 15) is 13.2 Å². The number of rotatable bonds is 2. The first-order valence-electron chi connectivity index (χ1n) is 2.89. The van der Waals surface area contributed by atoms with E-state index >= 15 is 0 Å². The predicted octanol–water partition coefficient (Wildman–Crippen LogP) is -0.489. The molecule has 66 valence electrons. The summed E-state index contributed by atoms with van der Waals surface area (Å²) in [6, 6.07) is 0. The van der Waals surface area contributed by atoms with Crippen LogP contribution in [0, 0.1) is 0 Å². The monoisotopic (exact) mass is 190 g/mol. The van der Waals surface area contributed by atoms with Gasteiger partial charge >= 0.3 is 5.97 Å². The molecule has 0 aliphatic carbocycles. The Morgan fingerprint density at radius 3 is 2.58 bits per heavy atom. The van der Waals surface area contributed by atoms with Crippen LogP contribution < -0.4 is 0 Å². The summed E-state index contributed by atoms with van der Waals surface area (Å²) in [7, 11) is -3.53. The maximum Gasteiger partial charge on any atom is 0.357 e. The van der Waals surface area contributed by atoms with Gasteiger partial charge in [-0.2, -0.15) is 0 Å². The van der Waals surface area contributed by atoms with Gasteiger partial charge in [-0.25, -0.2) is 18.2 Å². The lowest BCUT2D eigenvalue weighted by molar-refractivity contribution is 0.0686. The highest BCUT2D eigenvalue weighted by Gasteiger charge is 2.20. The number of nitrogens with one attached hydrogen (secondary N) is 1. The van der Waals surface area contributed by atoms with Crippen molar-refractivity contribution in [2.24, 2.45) is 0 Å². The van der Waals surface area contributed by atoms with Crippen molar-refractivity contribution in [3.63, 3.8) is 0 Å². The van der Waals surface area contributed by atoms with Crippen molar-refractivity contribution < 1.29 is 18.3 Å². The van der Waals surface area contributed by atoms with Crippen LogP contribution in [0.15, 0.2) is 11.4 Å². The quantitative estimate of drug-likeness (QED) is 0.655. The number of aromatic carboxylic acids is 1. The summed E-state index contributed by atoms with van der Waals surface area (Å²) in [4.78, 5) is 16.0. The number of carboxylic acids is 1. The van der Waals surface area contributed by atoms with E-state index in [4.69, 9.17) is 5.11 Å². The molecule has 7 heteroatoms. The van der Waals surface area contributed by atoms with Crippen molar-refractivity contribution in [3.8, 4) is 0 Å². The third-order valence-electron chi connectivity index (χ3n) is 1.18. The van der Waals surface area contributed by atoms with Crippen LogP contribution in [0.25, 0.3) is 0 Å². The fourth-order valence-electron chi connectivity index (χ4n) is 0.717. The highest BCUT2D eigenvalue weighted by Crippen LogP contribution is 2.09. The van der Waals surface area contributed by atoms with Gasteiger partial charge in [-0.15, -0.1) is 0 Å². The number of H-pyrrole nitrogens is 1. The second kappa shape index (κ2) is 2.59. The van der Waals surface area contributed by atoms with E-state index in [0.29, 0.717) is 0 Å². The molecule has 1 aromatic rings. The SMILES string of the molecule is CS(=O)(=O)c1[nH]cnc1C(=O)O. The number of nitrogens with zero attached hydrogens (tertiary/aromatic N) is 1. The Kier molecular flexibility index (Phi) is 1.89. The van der Waals surface area contributed by atoms with Crippen molar-refractivity contribution in [1.82, 2.24) is 9.97 Å². The lowest BCUT2D eigenvalue weighted by Crippen LogP contribution is -2.06. The first-order chi connectivity index (χ1) is 5.43. The number of aromatic amines is 1. The summed E-state index contributed by atoms with van der Waals surface area (Å²) in [5.41, 5.74) is -0.475. The van der Waals surface area contributed by atoms with E-state index in [1.54, 1.807) is 0 Å². The van der Waals surface area contributed by atoms with Gasteiger partial charge in [0, 0.05) is 6.26 Å². The molecule has 0 atom stereocenters. The number of aromatic nitrogens is 2. The van der Waals surface area contributed by atoms with Gasteiger partial charge in [0.25, 0.3) is 0 Å². The number of carboxylic acid groups (broad SMARTS) is 1. The predicted molar refractivity (Wildman–Crippen MR) is 38.7 cm³/mol. The van der Waals surface area contributed by atoms with Crippen molar-refractivity contribution in [2.45, 2.75) is 5.03 Å². The van der Waals surface area contributed by atoms with Gasteiger partial charge in [0.15, 0.2) is 20.6 Å². The van der Waals surface area contributed by atoms with Crippen molar-refractivity contribution in [3.05, 3.63) is 12.0 Å². The minimum absolute atomic E-state index is 0.366. The Balaban J connectivity index is 3.36. The number of hydrogen-bond donors (Lipinski definition) is 2. The van der Waals surface area contributed by atoms with Crippen LogP contribution in [-0.4, -0.2) is 35.7 Å². The Bertz CT molecular complexity index is 405. The van der Waals surface area contributed by atoms with E-state index in [1.165, 1.54) is 0 Å². The third-order valence-corrected chi connectivity index (χ3v) is 2.23. The molecule has 0 fully saturated rings. The average molecular weight is 190 g/mol. The van der Waals surface area contributed by atoms with Crippen LogP contribution >= 0.6 is 0 Å². The molecule has 1 aromatic heterocycles. The number of carbonyl (C=O) groups is 1. The number of hydrogen-bond acceptors (Lipinski definition) is 4. The molecule has 0 saturated heterocycles. The first-order valence-corrected chi connectivity index (χ1v) is 4.79. The van der Waals surface area contributed by atoms with E-state index in [0.717, 1.165) is 12.6 Å². The molecule has 1 heterocycles. The maximum absolute atomic E-state index is 10.9. The summed E-state index contributed by atoms with van der Waals surface area (Å²) >= 11 is 0. The third kappa shape index (κ3) is 1.45. The summed E-state index contributed by atoms with van der Waals surface area (Å²) in [6.45, 7) is 0. The second-order valence-electron chi connectivity index (χ2n) is 2.16. The van der Waals surface area contributed by atoms with E-state index < -0.39 is 21.5 Å². The zero-order chi connectivity index (χ0) is 9.35. The molecular formula is C5H6N2O4S. The van der Waals surface area contributed by atoms with Crippen LogP contribution in [0.5, 0.6) is 0 Å². The zero-order valence-electron chi connectivity index (χ0n) is 6.10. The minimum Gasteiger partial charge on any atom is -0.476 e. The van der Waals surface area contributed by atoms with Crippen molar-refractivity contribution in [1.29, 1.82) is 0 Å². The molecule has 0 aromatic carbocycles. The molecule has 2 N–H and O–H groups in total. The molecule has 0 spiro atoms. The summed E-state index contributed by atoms with van der Waals surface area (Å²) in [5.74, 6) is -1.36. The molecule has 6 nitrogen and oxygen atoms in total. The van der Waals surface area contributed by atoms with Gasteiger partial charge in [0.05, 0.1) is 6.33 Å². The smallest absolute Gasteiger partial charge is 0.357 e. The molecule has 0 unspecified atom stereocenters. The van der Waals surface area contributed by atoms with Gasteiger partial charge in [0.1, 0.15) is 0 Å². The number of sulfone groups is 1. The van der Waals surface area contributed by atoms with Crippen molar-refractivity contribution >= 4 is 15.8 Å². The number of imidazole rings is 1. The van der Waals surface area contributed by atoms with Gasteiger partial charge in [-0.05, 0) is 0 Å². The van der Waals surface area contributed by atoms with Gasteiger partial charge in [0.2, 0.25) is 0 Å². The normalized spacial score (nSPS) is 11.4. The van der Waals surface area contributed by atoms with Crippen LogP contribution in [0.2, 0.25) is 0 Å². The fourth-order valence-corrected chi connectivity index (χ4v) is 1.48. The van der Waals surface area contributed by atoms with Crippen molar-refractivity contribution in [2.75, 3.05) is 6.26 Å². The lowest BCUT2D eigenvalue weighted by atomic mass is 10.5. The van der Waals surface area contributed by atoms with Crippen LogP contribution in [0.1, 0.15) is 10.5 Å². The largest absolute Gasteiger partial charge is 0.476 e. The Labute approximate surface area is 68.2 Å². The zero-order valence-corrected chi connectivity index (χ0v) is 6.92. The fraction of sp³-hybridized carbons (Fsp3) is 0.200. The highest BCUT2D eigenvalue weighted by atomic mass is 32.2. The van der Waals surface area contributed by atoms with Crippen LogP contribution in [0.4, 0.5) is 0 Å². The van der Waals surface area contributed by atoms with Crippen LogP contribution in [-0.2, 0) is 9.84 Å². The topological polar surface area (TPSA) is 100 Å². The lowest BCUT2D eigenvalue weighted by Gasteiger charge is -1.93. The van der Waals surface area contributed by atoms with E-state index in [1.807, 2.05) is 0 Å². The summed E-state index contributed by atoms with van der Waals surface area (Å²) in [5, 5.41) is 8.11. The molecule has 0 bridgehead atoms. The first kappa shape index (κ1) is 8.72. The maximum atomic E-state index is 10.9. The van der Waals surface area contributed by atoms with Gasteiger partial charge in [-0.1, -0.05) is 0 Å². The standard InChI is InChI=1S/C5H6N2O4S/c1-12(10,11)4-3(5(8)9)6-2-7-4/h2H,1H3,(H,6,7)(H,8,9). The summed E-state index contributed by atoms with van der Waals surface area (Å²) < 4.78 is 21.8. The molecule has 0 amide bonds. The van der Waals surface area contributed by atoms with Gasteiger partial charge in [-0.3, -0.25) is 0 Å². The molecule has 0 aliphatic rings. The Hall–Kier alpha value is -1.37. The van der Waals surface area contributed by atoms with Crippen LogP contribution in [0.3, 0.4) is 0 Å². The van der Waals surface area contributed by atoms with E-state index in [2.05, 4.69) is 9.97 Å². The summed E-state index contributed by atoms with van der Waals surface area (Å²) in [6.07, 6.45) is 1.94. The molecule has 12 heavy (non-hydrogen) atoms. The minimum atomic E-state index is -3.53. The Morgan fingerprint density at radius 1 is 1.67 bits per heavy atom. The molecule has 0 saturated carbocycles. The molecule has 0 radical (unpaired) electrons. The molecular weight excluding hydrogens is 184 g/mol. The highest BCUT2D eigenvalue weighted by molar-refractivity contribution is 7.90. The van der Waals surface area contributed by atoms with E-state index in [-0.39, 0.29) is 5.03 Å². The Morgan fingerprint density at radius 2 is 2.25 bits per heavy atom. The second-order valence-corrected chi connectivity index (χ2v) is 4.11. The molecule has 0 aliphatic heterocycles.